The second-order valence-corrected chi connectivity index (χ2v) is 5.06. The quantitative estimate of drug-likeness (QED) is 0.848. The molecule has 1 aromatic carbocycles. The molecule has 0 radical (unpaired) electrons. The van der Waals surface area contributed by atoms with Gasteiger partial charge in [-0.05, 0) is 30.5 Å². The van der Waals surface area contributed by atoms with E-state index in [0.717, 1.165) is 39.0 Å². The number of rotatable bonds is 5. The molecule has 1 unspecified atom stereocenters. The van der Waals surface area contributed by atoms with Gasteiger partial charge < -0.3 is 15.2 Å². The Balaban J connectivity index is 2.04. The van der Waals surface area contributed by atoms with E-state index < -0.39 is 0 Å². The van der Waals surface area contributed by atoms with Gasteiger partial charge in [-0.1, -0.05) is 13.0 Å². The van der Waals surface area contributed by atoms with Crippen molar-refractivity contribution >= 4 is 0 Å². The Hall–Kier alpha value is -1.26. The van der Waals surface area contributed by atoms with Crippen molar-refractivity contribution in [3.05, 3.63) is 23.8 Å². The SMILES string of the molecule is CCC(Cc1ccc(O)c(OC)c1)N1CCNCC1. The number of ether oxygens (including phenoxy) is 1. The molecule has 0 aliphatic carbocycles. The van der Waals surface area contributed by atoms with Crippen LogP contribution in [-0.2, 0) is 6.42 Å². The number of aromatic hydroxyl groups is 1. The number of piperazine rings is 1. The third kappa shape index (κ3) is 3.61. The van der Waals surface area contributed by atoms with E-state index in [9.17, 15) is 5.11 Å². The predicted molar refractivity (Wildman–Crippen MR) is 76.9 cm³/mol. The monoisotopic (exact) mass is 264 g/mol. The Morgan fingerprint density at radius 2 is 2.11 bits per heavy atom. The lowest BCUT2D eigenvalue weighted by molar-refractivity contribution is 0.167. The Bertz CT molecular complexity index is 403. The van der Waals surface area contributed by atoms with Crippen LogP contribution in [0.2, 0.25) is 0 Å². The molecule has 1 heterocycles. The van der Waals surface area contributed by atoms with Crippen LogP contribution in [0, 0.1) is 0 Å². The predicted octanol–water partition coefficient (Wildman–Crippen LogP) is 1.63. The molecule has 1 saturated heterocycles. The van der Waals surface area contributed by atoms with Crippen molar-refractivity contribution in [2.24, 2.45) is 0 Å². The van der Waals surface area contributed by atoms with Gasteiger partial charge in [0.05, 0.1) is 7.11 Å². The van der Waals surface area contributed by atoms with E-state index >= 15 is 0 Å². The molecular formula is C15H24N2O2. The lowest BCUT2D eigenvalue weighted by atomic mass is 10.0. The standard InChI is InChI=1S/C15H24N2O2/c1-3-13(17-8-6-16-7-9-17)10-12-4-5-14(18)15(11-12)19-2/h4-5,11,13,16,18H,3,6-10H2,1-2H3. The van der Waals surface area contributed by atoms with Gasteiger partial charge in [-0.3, -0.25) is 4.90 Å². The third-order valence-corrected chi connectivity index (χ3v) is 3.85. The Morgan fingerprint density at radius 1 is 1.37 bits per heavy atom. The van der Waals surface area contributed by atoms with Crippen LogP contribution < -0.4 is 10.1 Å². The molecule has 1 aromatic rings. The summed E-state index contributed by atoms with van der Waals surface area (Å²) < 4.78 is 5.17. The van der Waals surface area contributed by atoms with Gasteiger partial charge in [-0.2, -0.15) is 0 Å². The number of hydrogen-bond donors (Lipinski definition) is 2. The van der Waals surface area contributed by atoms with Crippen molar-refractivity contribution in [2.45, 2.75) is 25.8 Å². The summed E-state index contributed by atoms with van der Waals surface area (Å²) in [5, 5.41) is 13.0. The smallest absolute Gasteiger partial charge is 0.160 e. The molecule has 2 N–H and O–H groups in total. The first-order valence-corrected chi connectivity index (χ1v) is 7.05. The second kappa shape index (κ2) is 6.78. The summed E-state index contributed by atoms with van der Waals surface area (Å²) in [6, 6.07) is 6.22. The molecule has 0 saturated carbocycles. The summed E-state index contributed by atoms with van der Waals surface area (Å²) in [6.45, 7) is 6.64. The molecular weight excluding hydrogens is 240 g/mol. The molecule has 0 amide bonds. The van der Waals surface area contributed by atoms with E-state index in [1.165, 1.54) is 5.56 Å². The summed E-state index contributed by atoms with van der Waals surface area (Å²) >= 11 is 0. The van der Waals surface area contributed by atoms with Crippen molar-refractivity contribution in [3.63, 3.8) is 0 Å². The van der Waals surface area contributed by atoms with Gasteiger partial charge >= 0.3 is 0 Å². The molecule has 0 spiro atoms. The minimum Gasteiger partial charge on any atom is -0.504 e. The average molecular weight is 264 g/mol. The first kappa shape index (κ1) is 14.2. The minimum atomic E-state index is 0.210. The van der Waals surface area contributed by atoms with Gasteiger partial charge in [-0.15, -0.1) is 0 Å². The number of hydrogen-bond acceptors (Lipinski definition) is 4. The maximum Gasteiger partial charge on any atom is 0.160 e. The number of nitrogens with zero attached hydrogens (tertiary/aromatic N) is 1. The van der Waals surface area contributed by atoms with Crippen molar-refractivity contribution in [3.8, 4) is 11.5 Å². The molecule has 0 bridgehead atoms. The molecule has 19 heavy (non-hydrogen) atoms. The zero-order valence-corrected chi connectivity index (χ0v) is 11.9. The Kier molecular flexibility index (Phi) is 5.05. The van der Waals surface area contributed by atoms with Crippen molar-refractivity contribution < 1.29 is 9.84 Å². The number of phenolic OH excluding ortho intramolecular Hbond substituents is 1. The van der Waals surface area contributed by atoms with Crippen LogP contribution in [0.3, 0.4) is 0 Å². The largest absolute Gasteiger partial charge is 0.504 e. The first-order valence-electron chi connectivity index (χ1n) is 7.05. The van der Waals surface area contributed by atoms with Gasteiger partial charge in [0.2, 0.25) is 0 Å². The molecule has 1 fully saturated rings. The minimum absolute atomic E-state index is 0.210. The maximum absolute atomic E-state index is 9.63. The highest BCUT2D eigenvalue weighted by atomic mass is 16.5. The molecule has 1 aliphatic rings. The zero-order valence-electron chi connectivity index (χ0n) is 11.9. The molecule has 2 rings (SSSR count). The van der Waals surface area contributed by atoms with Crippen molar-refractivity contribution in [1.82, 2.24) is 10.2 Å². The van der Waals surface area contributed by atoms with E-state index in [4.69, 9.17) is 4.74 Å². The van der Waals surface area contributed by atoms with E-state index in [1.807, 2.05) is 12.1 Å². The van der Waals surface area contributed by atoms with Gasteiger partial charge in [0.25, 0.3) is 0 Å². The molecule has 0 aromatic heterocycles. The Labute approximate surface area is 115 Å². The zero-order chi connectivity index (χ0) is 13.7. The fraction of sp³-hybridized carbons (Fsp3) is 0.600. The van der Waals surface area contributed by atoms with Gasteiger partial charge in [-0.25, -0.2) is 0 Å². The molecule has 4 heteroatoms. The molecule has 1 aliphatic heterocycles. The fourth-order valence-electron chi connectivity index (χ4n) is 2.70. The van der Waals surface area contributed by atoms with E-state index in [2.05, 4.69) is 17.1 Å². The highest BCUT2D eigenvalue weighted by Gasteiger charge is 2.19. The van der Waals surface area contributed by atoms with Gasteiger partial charge in [0.1, 0.15) is 0 Å². The van der Waals surface area contributed by atoms with Crippen LogP contribution in [0.15, 0.2) is 18.2 Å². The summed E-state index contributed by atoms with van der Waals surface area (Å²) in [7, 11) is 1.59. The lowest BCUT2D eigenvalue weighted by Crippen LogP contribution is -2.48. The van der Waals surface area contributed by atoms with Crippen LogP contribution in [0.1, 0.15) is 18.9 Å². The van der Waals surface area contributed by atoms with Crippen LogP contribution in [-0.4, -0.2) is 49.3 Å². The second-order valence-electron chi connectivity index (χ2n) is 5.06. The normalized spacial score (nSPS) is 18.2. The van der Waals surface area contributed by atoms with Crippen LogP contribution in [0.5, 0.6) is 11.5 Å². The Morgan fingerprint density at radius 3 is 2.74 bits per heavy atom. The molecule has 4 nitrogen and oxygen atoms in total. The van der Waals surface area contributed by atoms with Crippen LogP contribution >= 0.6 is 0 Å². The number of nitrogens with one attached hydrogen (secondary N) is 1. The topological polar surface area (TPSA) is 44.7 Å². The summed E-state index contributed by atoms with van der Waals surface area (Å²) in [6.07, 6.45) is 2.15. The number of methoxy groups -OCH3 is 1. The van der Waals surface area contributed by atoms with Gasteiger partial charge in [0.15, 0.2) is 11.5 Å². The van der Waals surface area contributed by atoms with Crippen molar-refractivity contribution in [1.29, 1.82) is 0 Å². The van der Waals surface area contributed by atoms with E-state index in [1.54, 1.807) is 13.2 Å². The van der Waals surface area contributed by atoms with Crippen molar-refractivity contribution in [2.75, 3.05) is 33.3 Å². The highest BCUT2D eigenvalue weighted by molar-refractivity contribution is 5.41. The number of phenols is 1. The maximum atomic E-state index is 9.63. The van der Waals surface area contributed by atoms with Gasteiger partial charge in [0, 0.05) is 32.2 Å². The first-order chi connectivity index (χ1) is 9.24. The lowest BCUT2D eigenvalue weighted by Gasteiger charge is -2.34. The summed E-state index contributed by atoms with van der Waals surface area (Å²) in [5.74, 6) is 0.772. The average Bonchev–Trinajstić information content (AvgIpc) is 2.47. The van der Waals surface area contributed by atoms with Crippen LogP contribution in [0.25, 0.3) is 0 Å². The molecule has 106 valence electrons. The third-order valence-electron chi connectivity index (χ3n) is 3.85. The van der Waals surface area contributed by atoms with E-state index in [0.29, 0.717) is 11.8 Å². The highest BCUT2D eigenvalue weighted by Crippen LogP contribution is 2.27. The summed E-state index contributed by atoms with van der Waals surface area (Å²) in [4.78, 5) is 2.55. The molecule has 1 atom stereocenters. The number of benzene rings is 1. The van der Waals surface area contributed by atoms with E-state index in [-0.39, 0.29) is 5.75 Å². The summed E-state index contributed by atoms with van der Waals surface area (Å²) in [5.41, 5.74) is 1.22. The fourth-order valence-corrected chi connectivity index (χ4v) is 2.70. The van der Waals surface area contributed by atoms with Crippen LogP contribution in [0.4, 0.5) is 0 Å².